The Morgan fingerprint density at radius 2 is 1.94 bits per heavy atom. The Bertz CT molecular complexity index is 1450. The molecule has 1 aromatic heterocycles. The maximum absolute atomic E-state index is 12.8. The number of thiazole rings is 1. The summed E-state index contributed by atoms with van der Waals surface area (Å²) in [7, 11) is 0. The number of benzene rings is 3. The van der Waals surface area contributed by atoms with E-state index in [2.05, 4.69) is 5.32 Å². The van der Waals surface area contributed by atoms with E-state index in [9.17, 15) is 9.59 Å². The predicted molar refractivity (Wildman–Crippen MR) is 140 cm³/mol. The summed E-state index contributed by atoms with van der Waals surface area (Å²) in [5.41, 5.74) is 5.91. The highest BCUT2D eigenvalue weighted by Crippen LogP contribution is 2.38. The van der Waals surface area contributed by atoms with Crippen molar-refractivity contribution in [3.8, 4) is 27.6 Å². The van der Waals surface area contributed by atoms with E-state index < -0.39 is 0 Å². The van der Waals surface area contributed by atoms with Crippen molar-refractivity contribution in [2.24, 2.45) is 0 Å². The Balaban J connectivity index is 1.40. The number of nitrogens with one attached hydrogen (secondary N) is 1. The van der Waals surface area contributed by atoms with Gasteiger partial charge in [-0.2, -0.15) is 0 Å². The summed E-state index contributed by atoms with van der Waals surface area (Å²) in [6.07, 6.45) is 0. The topological polar surface area (TPSA) is 71.5 Å². The van der Waals surface area contributed by atoms with E-state index >= 15 is 0 Å². The third-order valence-electron chi connectivity index (χ3n) is 5.90. The highest BCUT2D eigenvalue weighted by Gasteiger charge is 2.28. The van der Waals surface area contributed by atoms with E-state index in [0.717, 1.165) is 33.0 Å². The molecule has 0 saturated heterocycles. The van der Waals surface area contributed by atoms with Gasteiger partial charge in [0.1, 0.15) is 17.3 Å². The molecule has 0 bridgehead atoms. The molecule has 8 heteroatoms. The van der Waals surface area contributed by atoms with Crippen LogP contribution in [0.1, 0.15) is 11.1 Å². The van der Waals surface area contributed by atoms with Gasteiger partial charge in [0.25, 0.3) is 5.91 Å². The molecule has 176 valence electrons. The van der Waals surface area contributed by atoms with Crippen molar-refractivity contribution in [3.05, 3.63) is 82.2 Å². The van der Waals surface area contributed by atoms with Gasteiger partial charge in [0.05, 0.1) is 16.4 Å². The third-order valence-corrected chi connectivity index (χ3v) is 7.10. The summed E-state index contributed by atoms with van der Waals surface area (Å²) in [6, 6.07) is 18.8. The lowest BCUT2D eigenvalue weighted by molar-refractivity contribution is -0.123. The van der Waals surface area contributed by atoms with Gasteiger partial charge in [-0.15, -0.1) is 11.3 Å². The Labute approximate surface area is 212 Å². The van der Waals surface area contributed by atoms with Gasteiger partial charge in [-0.1, -0.05) is 35.9 Å². The van der Waals surface area contributed by atoms with Crippen LogP contribution in [0, 0.1) is 13.8 Å². The SMILES string of the molecule is Cc1ccc(NC(=O)CN2C(=O)COc3ccc(-c4csc(-c5ccccc5Cl)n4)cc32)cc1C. The fraction of sp³-hybridized carbons (Fsp3) is 0.148. The standard InChI is InChI=1S/C27H22ClN3O3S/c1-16-7-9-19(11-17(16)2)29-25(32)13-31-23-12-18(8-10-24(23)34-14-26(31)33)22-15-35-27(30-22)20-5-3-4-6-21(20)28/h3-12,15H,13-14H2,1-2H3,(H,29,32). The van der Waals surface area contributed by atoms with E-state index in [1.807, 2.05) is 73.8 Å². The number of anilines is 2. The number of nitrogens with zero attached hydrogens (tertiary/aromatic N) is 2. The van der Waals surface area contributed by atoms with Crippen molar-refractivity contribution in [2.75, 3.05) is 23.4 Å². The zero-order valence-corrected chi connectivity index (χ0v) is 20.7. The summed E-state index contributed by atoms with van der Waals surface area (Å²) in [5.74, 6) is -0.0108. The van der Waals surface area contributed by atoms with Crippen LogP contribution in [0.5, 0.6) is 5.75 Å². The largest absolute Gasteiger partial charge is 0.482 e. The number of hydrogen-bond acceptors (Lipinski definition) is 5. The highest BCUT2D eigenvalue weighted by molar-refractivity contribution is 7.13. The second-order valence-electron chi connectivity index (χ2n) is 8.32. The molecule has 6 nitrogen and oxygen atoms in total. The van der Waals surface area contributed by atoms with Crippen LogP contribution in [0.15, 0.2) is 66.0 Å². The first-order valence-corrected chi connectivity index (χ1v) is 12.3. The van der Waals surface area contributed by atoms with Gasteiger partial charge >= 0.3 is 0 Å². The van der Waals surface area contributed by atoms with E-state index in [0.29, 0.717) is 22.1 Å². The van der Waals surface area contributed by atoms with Crippen molar-refractivity contribution in [3.63, 3.8) is 0 Å². The van der Waals surface area contributed by atoms with Crippen LogP contribution >= 0.6 is 22.9 Å². The highest BCUT2D eigenvalue weighted by atomic mass is 35.5. The number of aromatic nitrogens is 1. The molecule has 0 fully saturated rings. The van der Waals surface area contributed by atoms with Crippen molar-refractivity contribution in [2.45, 2.75) is 13.8 Å². The molecule has 0 aliphatic carbocycles. The van der Waals surface area contributed by atoms with Crippen LogP contribution in [0.3, 0.4) is 0 Å². The van der Waals surface area contributed by atoms with Gasteiger partial charge < -0.3 is 10.1 Å². The van der Waals surface area contributed by atoms with Gasteiger partial charge in [-0.25, -0.2) is 4.98 Å². The van der Waals surface area contributed by atoms with Gasteiger partial charge in [0.2, 0.25) is 5.91 Å². The van der Waals surface area contributed by atoms with E-state index in [4.69, 9.17) is 21.3 Å². The van der Waals surface area contributed by atoms with Crippen molar-refractivity contribution < 1.29 is 14.3 Å². The second kappa shape index (κ2) is 9.52. The molecular formula is C27H22ClN3O3S. The fourth-order valence-corrected chi connectivity index (χ4v) is 5.01. The molecule has 0 saturated carbocycles. The molecule has 4 aromatic rings. The molecular weight excluding hydrogens is 482 g/mol. The number of fused-ring (bicyclic) bond motifs is 1. The number of carbonyl (C=O) groups excluding carboxylic acids is 2. The Morgan fingerprint density at radius 1 is 1.11 bits per heavy atom. The predicted octanol–water partition coefficient (Wildman–Crippen LogP) is 6.11. The normalized spacial score (nSPS) is 12.8. The van der Waals surface area contributed by atoms with Crippen molar-refractivity contribution in [1.29, 1.82) is 0 Å². The number of carbonyl (C=O) groups is 2. The molecule has 1 N–H and O–H groups in total. The van der Waals surface area contributed by atoms with Gasteiger partial charge in [-0.3, -0.25) is 14.5 Å². The van der Waals surface area contributed by atoms with Gasteiger partial charge in [0, 0.05) is 22.2 Å². The molecule has 0 atom stereocenters. The number of amides is 2. The first kappa shape index (κ1) is 23.1. The summed E-state index contributed by atoms with van der Waals surface area (Å²) in [6.45, 7) is 3.77. The van der Waals surface area contributed by atoms with E-state index in [1.54, 1.807) is 6.07 Å². The van der Waals surface area contributed by atoms with Crippen molar-refractivity contribution in [1.82, 2.24) is 4.98 Å². The summed E-state index contributed by atoms with van der Waals surface area (Å²) < 4.78 is 5.62. The van der Waals surface area contributed by atoms with E-state index in [-0.39, 0.29) is 25.0 Å². The molecule has 0 spiro atoms. The summed E-state index contributed by atoms with van der Waals surface area (Å²) >= 11 is 7.83. The van der Waals surface area contributed by atoms with E-state index in [1.165, 1.54) is 16.2 Å². The van der Waals surface area contributed by atoms with Crippen LogP contribution < -0.4 is 15.0 Å². The summed E-state index contributed by atoms with van der Waals surface area (Å²) in [5, 5.41) is 6.28. The van der Waals surface area contributed by atoms with Crippen LogP contribution in [-0.2, 0) is 9.59 Å². The minimum absolute atomic E-state index is 0.114. The Morgan fingerprint density at radius 3 is 2.74 bits per heavy atom. The number of rotatable bonds is 5. The number of aryl methyl sites for hydroxylation is 2. The van der Waals surface area contributed by atoms with Crippen LogP contribution in [-0.4, -0.2) is 29.9 Å². The Hall–Kier alpha value is -3.68. The zero-order valence-electron chi connectivity index (χ0n) is 19.2. The minimum atomic E-state index is -0.283. The zero-order chi connectivity index (χ0) is 24.5. The lowest BCUT2D eigenvalue weighted by atomic mass is 10.1. The van der Waals surface area contributed by atoms with Crippen LogP contribution in [0.4, 0.5) is 11.4 Å². The number of hydrogen-bond donors (Lipinski definition) is 1. The Kier molecular flexibility index (Phi) is 6.28. The monoisotopic (exact) mass is 503 g/mol. The minimum Gasteiger partial charge on any atom is -0.482 e. The molecule has 2 heterocycles. The maximum atomic E-state index is 12.8. The van der Waals surface area contributed by atoms with Crippen molar-refractivity contribution >= 4 is 46.1 Å². The molecule has 1 aliphatic heterocycles. The molecule has 5 rings (SSSR count). The first-order chi connectivity index (χ1) is 16.9. The van der Waals surface area contributed by atoms with Crippen LogP contribution in [0.25, 0.3) is 21.8 Å². The average molecular weight is 504 g/mol. The second-order valence-corrected chi connectivity index (χ2v) is 9.58. The molecule has 0 radical (unpaired) electrons. The maximum Gasteiger partial charge on any atom is 0.265 e. The molecule has 0 unspecified atom stereocenters. The summed E-state index contributed by atoms with van der Waals surface area (Å²) in [4.78, 5) is 31.7. The number of halogens is 1. The lowest BCUT2D eigenvalue weighted by Crippen LogP contribution is -2.43. The lowest BCUT2D eigenvalue weighted by Gasteiger charge is -2.29. The molecule has 2 amide bonds. The molecule has 3 aromatic carbocycles. The smallest absolute Gasteiger partial charge is 0.265 e. The average Bonchev–Trinajstić information content (AvgIpc) is 3.33. The fourth-order valence-electron chi connectivity index (χ4n) is 3.86. The van der Waals surface area contributed by atoms with Crippen LogP contribution in [0.2, 0.25) is 5.02 Å². The van der Waals surface area contributed by atoms with Gasteiger partial charge in [0.15, 0.2) is 6.61 Å². The third kappa shape index (κ3) is 4.78. The molecule has 35 heavy (non-hydrogen) atoms. The van der Waals surface area contributed by atoms with Gasteiger partial charge in [-0.05, 0) is 61.4 Å². The first-order valence-electron chi connectivity index (χ1n) is 11.0. The number of ether oxygens (including phenoxy) is 1. The quantitative estimate of drug-likeness (QED) is 0.356. The molecule has 1 aliphatic rings.